The predicted molar refractivity (Wildman–Crippen MR) is 105 cm³/mol. The second-order valence-electron chi connectivity index (χ2n) is 7.27. The summed E-state index contributed by atoms with van der Waals surface area (Å²) in [6.45, 7) is 3.81. The molecule has 6 heteroatoms. The maximum Gasteiger partial charge on any atom is 0.254 e. The molecule has 0 aromatic heterocycles. The van der Waals surface area contributed by atoms with E-state index in [1.54, 1.807) is 0 Å². The molecule has 2 amide bonds. The highest BCUT2D eigenvalue weighted by molar-refractivity contribution is 5.86. The summed E-state index contributed by atoms with van der Waals surface area (Å²) in [6.07, 6.45) is -0.680. The van der Waals surface area contributed by atoms with E-state index in [0.717, 1.165) is 25.2 Å². The Balaban J connectivity index is 1.39. The number of morpholine rings is 1. The normalized spacial score (nSPS) is 23.3. The standard InChI is InChI=1S/C22H25N3O3/c26-19-16-28-21(20(23-19)18-9-5-2-6-10-18)22(27)25-13-11-24(12-14-25)15-17-7-3-1-4-8-17/h1-10,20-21H,11-16H2,(H,23,26). The van der Waals surface area contributed by atoms with Crippen LogP contribution in [0.15, 0.2) is 60.7 Å². The molecule has 2 unspecified atom stereocenters. The Kier molecular flexibility index (Phi) is 5.69. The zero-order valence-electron chi connectivity index (χ0n) is 15.8. The van der Waals surface area contributed by atoms with Crippen molar-refractivity contribution in [1.29, 1.82) is 0 Å². The molecule has 0 aliphatic carbocycles. The summed E-state index contributed by atoms with van der Waals surface area (Å²) < 4.78 is 5.68. The van der Waals surface area contributed by atoms with Gasteiger partial charge in [-0.15, -0.1) is 0 Å². The molecule has 2 fully saturated rings. The van der Waals surface area contributed by atoms with Crippen LogP contribution in [-0.4, -0.2) is 60.5 Å². The lowest BCUT2D eigenvalue weighted by molar-refractivity contribution is -0.156. The number of hydrogen-bond acceptors (Lipinski definition) is 4. The molecule has 1 N–H and O–H groups in total. The molecule has 2 aliphatic heterocycles. The minimum Gasteiger partial charge on any atom is -0.356 e. The van der Waals surface area contributed by atoms with E-state index in [1.807, 2.05) is 53.4 Å². The van der Waals surface area contributed by atoms with Crippen molar-refractivity contribution in [2.45, 2.75) is 18.7 Å². The van der Waals surface area contributed by atoms with Gasteiger partial charge in [-0.25, -0.2) is 0 Å². The third-order valence-corrected chi connectivity index (χ3v) is 5.35. The van der Waals surface area contributed by atoms with Crippen molar-refractivity contribution in [2.75, 3.05) is 32.8 Å². The first-order chi connectivity index (χ1) is 13.7. The van der Waals surface area contributed by atoms with E-state index in [2.05, 4.69) is 22.3 Å². The maximum atomic E-state index is 13.1. The number of ether oxygens (including phenoxy) is 1. The molecule has 2 atom stereocenters. The van der Waals surface area contributed by atoms with Gasteiger partial charge in [0.05, 0.1) is 6.04 Å². The predicted octanol–water partition coefficient (Wildman–Crippen LogP) is 1.59. The highest BCUT2D eigenvalue weighted by atomic mass is 16.5. The molecule has 0 radical (unpaired) electrons. The minimum atomic E-state index is -0.680. The molecule has 28 heavy (non-hydrogen) atoms. The number of piperazine rings is 1. The second-order valence-corrected chi connectivity index (χ2v) is 7.27. The van der Waals surface area contributed by atoms with Gasteiger partial charge >= 0.3 is 0 Å². The zero-order valence-corrected chi connectivity index (χ0v) is 15.8. The fourth-order valence-electron chi connectivity index (χ4n) is 3.83. The molecule has 0 bridgehead atoms. The van der Waals surface area contributed by atoms with Crippen LogP contribution >= 0.6 is 0 Å². The quantitative estimate of drug-likeness (QED) is 0.876. The summed E-state index contributed by atoms with van der Waals surface area (Å²) in [5.74, 6) is -0.237. The van der Waals surface area contributed by atoms with Crippen molar-refractivity contribution in [1.82, 2.24) is 15.1 Å². The van der Waals surface area contributed by atoms with E-state index in [4.69, 9.17) is 4.74 Å². The molecular weight excluding hydrogens is 354 g/mol. The summed E-state index contributed by atoms with van der Waals surface area (Å²) in [7, 11) is 0. The highest BCUT2D eigenvalue weighted by Crippen LogP contribution is 2.24. The van der Waals surface area contributed by atoms with Crippen LogP contribution in [0.4, 0.5) is 0 Å². The summed E-state index contributed by atoms with van der Waals surface area (Å²) in [6, 6.07) is 19.5. The van der Waals surface area contributed by atoms with Gasteiger partial charge in [0.15, 0.2) is 6.10 Å². The average molecular weight is 379 g/mol. The van der Waals surface area contributed by atoms with Crippen molar-refractivity contribution in [3.8, 4) is 0 Å². The molecule has 4 rings (SSSR count). The van der Waals surface area contributed by atoms with Crippen molar-refractivity contribution < 1.29 is 14.3 Å². The SMILES string of the molecule is O=C1COC(C(=O)N2CCN(Cc3ccccc3)CC2)C(c2ccccc2)N1. The van der Waals surface area contributed by atoms with Crippen LogP contribution in [0.5, 0.6) is 0 Å². The number of hydrogen-bond donors (Lipinski definition) is 1. The maximum absolute atomic E-state index is 13.1. The van der Waals surface area contributed by atoms with Gasteiger partial charge in [0, 0.05) is 32.7 Å². The molecule has 2 aliphatic rings. The third-order valence-electron chi connectivity index (χ3n) is 5.35. The summed E-state index contributed by atoms with van der Waals surface area (Å²) in [5, 5.41) is 2.92. The molecule has 146 valence electrons. The Hall–Kier alpha value is -2.70. The number of nitrogens with one attached hydrogen (secondary N) is 1. The van der Waals surface area contributed by atoms with Gasteiger partial charge < -0.3 is 15.0 Å². The van der Waals surface area contributed by atoms with Gasteiger partial charge in [0.25, 0.3) is 5.91 Å². The number of benzene rings is 2. The number of rotatable bonds is 4. The molecule has 2 aromatic rings. The Morgan fingerprint density at radius 1 is 0.964 bits per heavy atom. The Morgan fingerprint density at radius 2 is 1.61 bits per heavy atom. The average Bonchev–Trinajstić information content (AvgIpc) is 2.75. The first kappa shape index (κ1) is 18.7. The largest absolute Gasteiger partial charge is 0.356 e. The van der Waals surface area contributed by atoms with Crippen molar-refractivity contribution in [3.05, 3.63) is 71.8 Å². The number of carbonyl (C=O) groups is 2. The number of nitrogens with zero attached hydrogens (tertiary/aromatic N) is 2. The van der Waals surface area contributed by atoms with E-state index in [-0.39, 0.29) is 18.4 Å². The Morgan fingerprint density at radius 3 is 2.29 bits per heavy atom. The smallest absolute Gasteiger partial charge is 0.254 e. The van der Waals surface area contributed by atoms with Crippen LogP contribution < -0.4 is 5.32 Å². The van der Waals surface area contributed by atoms with E-state index in [0.29, 0.717) is 13.1 Å². The number of amides is 2. The first-order valence-corrected chi connectivity index (χ1v) is 9.72. The molecule has 2 aromatic carbocycles. The van der Waals surface area contributed by atoms with Crippen LogP contribution in [0.1, 0.15) is 17.2 Å². The van der Waals surface area contributed by atoms with Gasteiger partial charge in [-0.2, -0.15) is 0 Å². The zero-order chi connectivity index (χ0) is 19.3. The van der Waals surface area contributed by atoms with Crippen molar-refractivity contribution >= 4 is 11.8 Å². The molecule has 0 saturated carbocycles. The highest BCUT2D eigenvalue weighted by Gasteiger charge is 2.39. The summed E-state index contributed by atoms with van der Waals surface area (Å²) in [5.41, 5.74) is 2.17. The van der Waals surface area contributed by atoms with Crippen LogP contribution in [0, 0.1) is 0 Å². The third kappa shape index (κ3) is 4.24. The van der Waals surface area contributed by atoms with Gasteiger partial charge in [0.1, 0.15) is 6.61 Å². The molecule has 2 saturated heterocycles. The fourth-order valence-corrected chi connectivity index (χ4v) is 3.83. The summed E-state index contributed by atoms with van der Waals surface area (Å²) in [4.78, 5) is 29.2. The van der Waals surface area contributed by atoms with Crippen LogP contribution in [0.25, 0.3) is 0 Å². The molecular formula is C22H25N3O3. The van der Waals surface area contributed by atoms with Crippen LogP contribution in [0.2, 0.25) is 0 Å². The second kappa shape index (κ2) is 8.54. The van der Waals surface area contributed by atoms with Gasteiger partial charge in [0.2, 0.25) is 5.91 Å². The molecule has 0 spiro atoms. The van der Waals surface area contributed by atoms with Gasteiger partial charge in [-0.1, -0.05) is 60.7 Å². The van der Waals surface area contributed by atoms with Crippen molar-refractivity contribution in [3.63, 3.8) is 0 Å². The lowest BCUT2D eigenvalue weighted by Crippen LogP contribution is -2.57. The molecule has 6 nitrogen and oxygen atoms in total. The van der Waals surface area contributed by atoms with Gasteiger partial charge in [-0.05, 0) is 11.1 Å². The fraction of sp³-hybridized carbons (Fsp3) is 0.364. The topological polar surface area (TPSA) is 61.9 Å². The van der Waals surface area contributed by atoms with Crippen molar-refractivity contribution in [2.24, 2.45) is 0 Å². The van der Waals surface area contributed by atoms with E-state index in [1.165, 1.54) is 5.56 Å². The molecule has 2 heterocycles. The van der Waals surface area contributed by atoms with E-state index >= 15 is 0 Å². The van der Waals surface area contributed by atoms with Gasteiger partial charge in [-0.3, -0.25) is 14.5 Å². The van der Waals surface area contributed by atoms with Crippen LogP contribution in [-0.2, 0) is 20.9 Å². The van der Waals surface area contributed by atoms with Crippen LogP contribution in [0.3, 0.4) is 0 Å². The Labute approximate surface area is 165 Å². The first-order valence-electron chi connectivity index (χ1n) is 9.72. The summed E-state index contributed by atoms with van der Waals surface area (Å²) >= 11 is 0. The lowest BCUT2D eigenvalue weighted by atomic mass is 9.98. The van der Waals surface area contributed by atoms with E-state index < -0.39 is 12.1 Å². The monoisotopic (exact) mass is 379 g/mol. The van der Waals surface area contributed by atoms with E-state index in [9.17, 15) is 9.59 Å². The minimum absolute atomic E-state index is 0.0479. The lowest BCUT2D eigenvalue weighted by Gasteiger charge is -2.39. The number of carbonyl (C=O) groups excluding carboxylic acids is 2. The Bertz CT molecular complexity index is 804.